The Morgan fingerprint density at radius 1 is 1.15 bits per heavy atom. The van der Waals surface area contributed by atoms with Crippen LogP contribution in [0, 0.1) is 17.8 Å². The Morgan fingerprint density at radius 2 is 1.75 bits per heavy atom. The van der Waals surface area contributed by atoms with Crippen LogP contribution >= 0.6 is 0 Å². The maximum Gasteiger partial charge on any atom is 0.0640 e. The van der Waals surface area contributed by atoms with Gasteiger partial charge in [-0.25, -0.2) is 0 Å². The molecule has 114 valence electrons. The van der Waals surface area contributed by atoms with Crippen molar-refractivity contribution in [1.82, 2.24) is 9.78 Å². The minimum absolute atomic E-state index is 0.277. The summed E-state index contributed by atoms with van der Waals surface area (Å²) in [7, 11) is 0. The summed E-state index contributed by atoms with van der Waals surface area (Å²) in [6, 6.07) is 2.83. The zero-order valence-corrected chi connectivity index (χ0v) is 13.5. The van der Waals surface area contributed by atoms with E-state index in [9.17, 15) is 0 Å². The molecule has 1 unspecified atom stereocenters. The molecule has 1 atom stereocenters. The normalized spacial score (nSPS) is 25.4. The van der Waals surface area contributed by atoms with Gasteiger partial charge in [-0.1, -0.05) is 13.8 Å². The van der Waals surface area contributed by atoms with Gasteiger partial charge >= 0.3 is 0 Å². The summed E-state index contributed by atoms with van der Waals surface area (Å²) in [5.74, 6) is 2.43. The molecule has 3 nitrogen and oxygen atoms in total. The smallest absolute Gasteiger partial charge is 0.0640 e. The van der Waals surface area contributed by atoms with Crippen molar-refractivity contribution < 1.29 is 0 Å². The fourth-order valence-corrected chi connectivity index (χ4v) is 3.42. The van der Waals surface area contributed by atoms with Crippen molar-refractivity contribution in [1.29, 1.82) is 0 Å². The van der Waals surface area contributed by atoms with Gasteiger partial charge in [-0.15, -0.1) is 0 Å². The Hall–Kier alpha value is -0.830. The van der Waals surface area contributed by atoms with Gasteiger partial charge in [0, 0.05) is 24.7 Å². The minimum Gasteiger partial charge on any atom is -0.327 e. The molecule has 0 spiro atoms. The summed E-state index contributed by atoms with van der Waals surface area (Å²) in [6.45, 7) is 9.01. The van der Waals surface area contributed by atoms with E-state index >= 15 is 0 Å². The van der Waals surface area contributed by atoms with Crippen molar-refractivity contribution in [3.05, 3.63) is 18.0 Å². The lowest BCUT2D eigenvalue weighted by Gasteiger charge is -2.33. The number of rotatable bonds is 5. The molecule has 1 aromatic rings. The molecule has 1 aliphatic carbocycles. The number of nitrogens with zero attached hydrogens (tertiary/aromatic N) is 2. The van der Waals surface area contributed by atoms with Gasteiger partial charge in [0.2, 0.25) is 0 Å². The highest BCUT2D eigenvalue weighted by Gasteiger charge is 2.27. The maximum absolute atomic E-state index is 6.44. The summed E-state index contributed by atoms with van der Waals surface area (Å²) in [4.78, 5) is 0. The van der Waals surface area contributed by atoms with Crippen molar-refractivity contribution >= 4 is 0 Å². The lowest BCUT2D eigenvalue weighted by Crippen LogP contribution is -2.35. The predicted octanol–water partition coefficient (Wildman–Crippen LogP) is 3.80. The fourth-order valence-electron chi connectivity index (χ4n) is 3.42. The first-order valence-electron chi connectivity index (χ1n) is 8.27. The molecule has 20 heavy (non-hydrogen) atoms. The zero-order valence-electron chi connectivity index (χ0n) is 13.5. The molecule has 1 saturated carbocycles. The molecular weight excluding hydrogens is 246 g/mol. The summed E-state index contributed by atoms with van der Waals surface area (Å²) in [6.07, 6.45) is 8.32. The van der Waals surface area contributed by atoms with Gasteiger partial charge in [0.25, 0.3) is 0 Å². The lowest BCUT2D eigenvalue weighted by molar-refractivity contribution is 0.202. The average Bonchev–Trinajstić information content (AvgIpc) is 2.87. The second kappa shape index (κ2) is 6.75. The van der Waals surface area contributed by atoms with Gasteiger partial charge in [-0.2, -0.15) is 5.10 Å². The molecular formula is C17H31N3. The van der Waals surface area contributed by atoms with E-state index in [0.29, 0.717) is 12.0 Å². The van der Waals surface area contributed by atoms with Gasteiger partial charge in [0.05, 0.1) is 5.69 Å². The Balaban J connectivity index is 1.84. The van der Waals surface area contributed by atoms with E-state index in [4.69, 9.17) is 5.73 Å². The van der Waals surface area contributed by atoms with Crippen molar-refractivity contribution in [2.45, 2.75) is 71.9 Å². The Bertz CT molecular complexity index is 400. The third kappa shape index (κ3) is 3.85. The van der Waals surface area contributed by atoms with Crippen LogP contribution in [0.25, 0.3) is 0 Å². The molecule has 0 aromatic carbocycles. The van der Waals surface area contributed by atoms with Gasteiger partial charge in [0.15, 0.2) is 0 Å². The second-order valence-electron chi connectivity index (χ2n) is 7.17. The van der Waals surface area contributed by atoms with E-state index in [-0.39, 0.29) is 6.04 Å². The van der Waals surface area contributed by atoms with E-state index in [1.807, 2.05) is 4.68 Å². The quantitative estimate of drug-likeness (QED) is 0.889. The highest BCUT2D eigenvalue weighted by molar-refractivity contribution is 5.03. The summed E-state index contributed by atoms with van der Waals surface area (Å²) >= 11 is 0. The topological polar surface area (TPSA) is 43.8 Å². The highest BCUT2D eigenvalue weighted by atomic mass is 15.3. The van der Waals surface area contributed by atoms with Crippen LogP contribution in [0.15, 0.2) is 12.3 Å². The first-order valence-corrected chi connectivity index (χ1v) is 8.27. The van der Waals surface area contributed by atoms with E-state index in [0.717, 1.165) is 24.0 Å². The third-order valence-corrected chi connectivity index (χ3v) is 5.00. The molecule has 1 aromatic heterocycles. The number of nitrogens with two attached hydrogens (primary N) is 1. The molecule has 3 heteroatoms. The van der Waals surface area contributed by atoms with Crippen LogP contribution in [0.2, 0.25) is 0 Å². The largest absolute Gasteiger partial charge is 0.327 e. The van der Waals surface area contributed by atoms with Crippen LogP contribution in [0.3, 0.4) is 0 Å². The Labute approximate surface area is 123 Å². The van der Waals surface area contributed by atoms with Gasteiger partial charge in [-0.05, 0) is 63.4 Å². The standard InChI is InChI=1S/C17H31N3/c1-12(2)14-5-7-15(8-6-14)17(18)11-16-9-10-20(19-16)13(3)4/h9-10,12-15,17H,5-8,11,18H2,1-4H3. The van der Waals surface area contributed by atoms with Crippen LogP contribution in [0.4, 0.5) is 0 Å². The molecule has 0 bridgehead atoms. The first kappa shape index (κ1) is 15.6. The number of hydrogen-bond donors (Lipinski definition) is 1. The van der Waals surface area contributed by atoms with Gasteiger partial charge < -0.3 is 5.73 Å². The average molecular weight is 277 g/mol. The van der Waals surface area contributed by atoms with E-state index < -0.39 is 0 Å². The van der Waals surface area contributed by atoms with Gasteiger partial charge in [-0.3, -0.25) is 4.68 Å². The number of hydrogen-bond acceptors (Lipinski definition) is 2. The highest BCUT2D eigenvalue weighted by Crippen LogP contribution is 2.34. The van der Waals surface area contributed by atoms with Crippen LogP contribution < -0.4 is 5.73 Å². The number of aromatic nitrogens is 2. The summed E-state index contributed by atoms with van der Waals surface area (Å²) < 4.78 is 2.03. The second-order valence-corrected chi connectivity index (χ2v) is 7.17. The van der Waals surface area contributed by atoms with Gasteiger partial charge in [0.1, 0.15) is 0 Å². The van der Waals surface area contributed by atoms with Crippen molar-refractivity contribution in [2.75, 3.05) is 0 Å². The molecule has 1 heterocycles. The lowest BCUT2D eigenvalue weighted by atomic mass is 9.74. The molecule has 1 fully saturated rings. The Morgan fingerprint density at radius 3 is 2.25 bits per heavy atom. The first-order chi connectivity index (χ1) is 9.47. The molecule has 0 amide bonds. The van der Waals surface area contributed by atoms with Crippen LogP contribution in [0.5, 0.6) is 0 Å². The maximum atomic E-state index is 6.44. The van der Waals surface area contributed by atoms with Crippen LogP contribution in [0.1, 0.15) is 65.1 Å². The molecule has 2 N–H and O–H groups in total. The molecule has 1 aliphatic rings. The Kier molecular flexibility index (Phi) is 5.25. The summed E-state index contributed by atoms with van der Waals surface area (Å²) in [5, 5.41) is 4.62. The fraction of sp³-hybridized carbons (Fsp3) is 0.824. The monoisotopic (exact) mass is 277 g/mol. The molecule has 0 aliphatic heterocycles. The van der Waals surface area contributed by atoms with E-state index in [1.54, 1.807) is 0 Å². The van der Waals surface area contributed by atoms with Crippen molar-refractivity contribution in [3.8, 4) is 0 Å². The third-order valence-electron chi connectivity index (χ3n) is 5.00. The summed E-state index contributed by atoms with van der Waals surface area (Å²) in [5.41, 5.74) is 7.59. The van der Waals surface area contributed by atoms with Crippen LogP contribution in [-0.2, 0) is 6.42 Å². The minimum atomic E-state index is 0.277. The molecule has 2 rings (SSSR count). The SMILES string of the molecule is CC(C)C1CCC(C(N)Cc2ccn(C(C)C)n2)CC1. The van der Waals surface area contributed by atoms with Crippen molar-refractivity contribution in [2.24, 2.45) is 23.5 Å². The van der Waals surface area contributed by atoms with Crippen LogP contribution in [-0.4, -0.2) is 15.8 Å². The predicted molar refractivity (Wildman–Crippen MR) is 84.6 cm³/mol. The van der Waals surface area contributed by atoms with E-state index in [1.165, 1.54) is 25.7 Å². The molecule has 0 radical (unpaired) electrons. The van der Waals surface area contributed by atoms with E-state index in [2.05, 4.69) is 45.1 Å². The molecule has 0 saturated heterocycles. The van der Waals surface area contributed by atoms with Crippen molar-refractivity contribution in [3.63, 3.8) is 0 Å². The zero-order chi connectivity index (χ0) is 14.7.